The van der Waals surface area contributed by atoms with Crippen molar-refractivity contribution in [2.45, 2.75) is 82.7 Å². The zero-order chi connectivity index (χ0) is 24.2. The van der Waals surface area contributed by atoms with Gasteiger partial charge in [0.05, 0.1) is 13.2 Å². The highest BCUT2D eigenvalue weighted by molar-refractivity contribution is 5.30. The maximum Gasteiger partial charge on any atom is 0.196 e. The van der Waals surface area contributed by atoms with Crippen LogP contribution in [-0.4, -0.2) is 20.3 Å². The van der Waals surface area contributed by atoms with Crippen molar-refractivity contribution >= 4 is 0 Å². The van der Waals surface area contributed by atoms with Crippen LogP contribution >= 0.6 is 0 Å². The summed E-state index contributed by atoms with van der Waals surface area (Å²) in [7, 11) is 3.05. The lowest BCUT2D eigenvalue weighted by atomic mass is 9.72. The normalized spacial score (nSPS) is 30.3. The Hall–Kier alpha value is -1.82. The number of halogens is 4. The molecule has 0 saturated heterocycles. The summed E-state index contributed by atoms with van der Waals surface area (Å²) >= 11 is 0. The number of hydrogen-bond acceptors (Lipinski definition) is 2. The molecule has 0 amide bonds. The standard InChI is InChI=1S/C28H36F4O2/c1-33-21-12-9-19(10-13-21)22-14-11-20(25(29)26(22)30)8-5-17-3-6-18(7-4-17)23-15-16-24(34-2)28(32)27(23)31/h11,14,16-19,21,23H,3-10,12-13,15H2,1-2H3. The van der Waals surface area contributed by atoms with Gasteiger partial charge in [0, 0.05) is 13.0 Å². The van der Waals surface area contributed by atoms with Crippen LogP contribution < -0.4 is 0 Å². The van der Waals surface area contributed by atoms with Gasteiger partial charge in [0.2, 0.25) is 0 Å². The molecule has 3 aliphatic carbocycles. The maximum absolute atomic E-state index is 14.9. The quantitative estimate of drug-likeness (QED) is 0.367. The summed E-state index contributed by atoms with van der Waals surface area (Å²) in [5, 5.41) is 0. The first-order chi connectivity index (χ1) is 16.4. The van der Waals surface area contributed by atoms with Crippen molar-refractivity contribution < 1.29 is 27.0 Å². The second kappa shape index (κ2) is 11.3. The smallest absolute Gasteiger partial charge is 0.196 e. The van der Waals surface area contributed by atoms with E-state index in [1.54, 1.807) is 25.3 Å². The largest absolute Gasteiger partial charge is 0.494 e. The molecule has 3 aliphatic rings. The van der Waals surface area contributed by atoms with Crippen LogP contribution in [0.15, 0.2) is 35.6 Å². The Labute approximate surface area is 200 Å². The molecule has 0 aromatic heterocycles. The first-order valence-electron chi connectivity index (χ1n) is 12.7. The van der Waals surface area contributed by atoms with Gasteiger partial charge in [-0.25, -0.2) is 17.6 Å². The Morgan fingerprint density at radius 1 is 0.853 bits per heavy atom. The van der Waals surface area contributed by atoms with Crippen LogP contribution in [0.3, 0.4) is 0 Å². The molecule has 1 unspecified atom stereocenters. The predicted molar refractivity (Wildman–Crippen MR) is 125 cm³/mol. The van der Waals surface area contributed by atoms with E-state index in [9.17, 15) is 17.6 Å². The van der Waals surface area contributed by atoms with Gasteiger partial charge >= 0.3 is 0 Å². The van der Waals surface area contributed by atoms with Crippen LogP contribution in [0.25, 0.3) is 0 Å². The summed E-state index contributed by atoms with van der Waals surface area (Å²) in [6.07, 6.45) is 10.5. The number of methoxy groups -OCH3 is 2. The van der Waals surface area contributed by atoms with E-state index in [-0.39, 0.29) is 23.7 Å². The molecule has 1 aromatic carbocycles. The Balaban J connectivity index is 1.29. The van der Waals surface area contributed by atoms with E-state index in [1.807, 2.05) is 0 Å². The third kappa shape index (κ3) is 5.37. The molecule has 34 heavy (non-hydrogen) atoms. The van der Waals surface area contributed by atoms with E-state index < -0.39 is 29.2 Å². The molecule has 188 valence electrons. The van der Waals surface area contributed by atoms with Gasteiger partial charge in [0.15, 0.2) is 23.2 Å². The lowest BCUT2D eigenvalue weighted by Gasteiger charge is -2.34. The van der Waals surface area contributed by atoms with Gasteiger partial charge in [-0.05, 0) is 92.7 Å². The summed E-state index contributed by atoms with van der Waals surface area (Å²) in [5.41, 5.74) is 0.936. The van der Waals surface area contributed by atoms with Crippen molar-refractivity contribution in [1.82, 2.24) is 0 Å². The number of rotatable bonds is 7. The lowest BCUT2D eigenvalue weighted by Crippen LogP contribution is -2.24. The molecule has 1 atom stereocenters. The van der Waals surface area contributed by atoms with E-state index in [2.05, 4.69) is 0 Å². The zero-order valence-electron chi connectivity index (χ0n) is 20.2. The Bertz CT molecular complexity index is 909. The number of aryl methyl sites for hydroxylation is 1. The average Bonchev–Trinajstić information content (AvgIpc) is 2.87. The van der Waals surface area contributed by atoms with E-state index in [0.717, 1.165) is 57.8 Å². The summed E-state index contributed by atoms with van der Waals surface area (Å²) in [4.78, 5) is 0. The molecule has 4 rings (SSSR count). The topological polar surface area (TPSA) is 18.5 Å². The van der Waals surface area contributed by atoms with Gasteiger partial charge < -0.3 is 9.47 Å². The van der Waals surface area contributed by atoms with Gasteiger partial charge in [-0.2, -0.15) is 0 Å². The van der Waals surface area contributed by atoms with Crippen molar-refractivity contribution in [3.8, 4) is 0 Å². The molecule has 2 fully saturated rings. The second-order valence-corrected chi connectivity index (χ2v) is 10.2. The Morgan fingerprint density at radius 3 is 2.21 bits per heavy atom. The van der Waals surface area contributed by atoms with Gasteiger partial charge in [0.1, 0.15) is 5.83 Å². The van der Waals surface area contributed by atoms with Crippen molar-refractivity contribution in [3.63, 3.8) is 0 Å². The summed E-state index contributed by atoms with van der Waals surface area (Å²) < 4.78 is 68.7. The third-order valence-corrected chi connectivity index (χ3v) is 8.45. The Kier molecular flexibility index (Phi) is 8.39. The fourth-order valence-corrected chi connectivity index (χ4v) is 6.24. The molecule has 6 heteroatoms. The van der Waals surface area contributed by atoms with Crippen LogP contribution in [0.4, 0.5) is 17.6 Å². The predicted octanol–water partition coefficient (Wildman–Crippen LogP) is 8.08. The minimum atomic E-state index is -0.867. The van der Waals surface area contributed by atoms with Crippen molar-refractivity contribution in [2.75, 3.05) is 14.2 Å². The molecular weight excluding hydrogens is 444 g/mol. The molecule has 0 N–H and O–H groups in total. The molecule has 0 aliphatic heterocycles. The summed E-state index contributed by atoms with van der Waals surface area (Å²) in [5.74, 6) is -2.81. The van der Waals surface area contributed by atoms with Crippen molar-refractivity contribution in [3.05, 3.63) is 58.4 Å². The highest BCUT2D eigenvalue weighted by Crippen LogP contribution is 2.44. The van der Waals surface area contributed by atoms with Crippen molar-refractivity contribution in [1.29, 1.82) is 0 Å². The number of allylic oxidation sites excluding steroid dienone is 3. The van der Waals surface area contributed by atoms with Crippen molar-refractivity contribution in [2.24, 2.45) is 17.8 Å². The fraction of sp³-hybridized carbons (Fsp3) is 0.643. The van der Waals surface area contributed by atoms with Crippen LogP contribution in [-0.2, 0) is 15.9 Å². The van der Waals surface area contributed by atoms with Gasteiger partial charge in [-0.1, -0.05) is 25.0 Å². The number of benzene rings is 1. The van der Waals surface area contributed by atoms with E-state index >= 15 is 0 Å². The van der Waals surface area contributed by atoms with E-state index in [4.69, 9.17) is 9.47 Å². The first kappa shape index (κ1) is 25.3. The van der Waals surface area contributed by atoms with Crippen LogP contribution in [0.2, 0.25) is 0 Å². The average molecular weight is 481 g/mol. The minimum absolute atomic E-state index is 0.00892. The second-order valence-electron chi connectivity index (χ2n) is 10.2. The monoisotopic (exact) mass is 480 g/mol. The molecule has 0 radical (unpaired) electrons. The lowest BCUT2D eigenvalue weighted by molar-refractivity contribution is 0.0655. The zero-order valence-corrected chi connectivity index (χ0v) is 20.2. The molecule has 2 saturated carbocycles. The summed E-state index contributed by atoms with van der Waals surface area (Å²) in [6, 6.07) is 3.53. The Morgan fingerprint density at radius 2 is 1.56 bits per heavy atom. The van der Waals surface area contributed by atoms with Gasteiger partial charge in [-0.15, -0.1) is 0 Å². The van der Waals surface area contributed by atoms with Gasteiger partial charge in [-0.3, -0.25) is 0 Å². The molecule has 1 aromatic rings. The molecule has 0 heterocycles. The minimum Gasteiger partial charge on any atom is -0.494 e. The SMILES string of the molecule is COC1=CCC(C2CCC(CCc3ccc(C4CCC(OC)CC4)c(F)c3F)CC2)C(F)=C1F. The van der Waals surface area contributed by atoms with E-state index in [1.165, 1.54) is 7.11 Å². The molecular formula is C28H36F4O2. The number of ether oxygens (including phenoxy) is 2. The summed E-state index contributed by atoms with van der Waals surface area (Å²) in [6.45, 7) is 0. The van der Waals surface area contributed by atoms with Gasteiger partial charge in [0.25, 0.3) is 0 Å². The first-order valence-corrected chi connectivity index (χ1v) is 12.7. The molecule has 0 bridgehead atoms. The maximum atomic E-state index is 14.9. The highest BCUT2D eigenvalue weighted by Gasteiger charge is 2.35. The molecule has 2 nitrogen and oxygen atoms in total. The highest BCUT2D eigenvalue weighted by atomic mass is 19.2. The van der Waals surface area contributed by atoms with Crippen LogP contribution in [0.5, 0.6) is 0 Å². The molecule has 0 spiro atoms. The fourth-order valence-electron chi connectivity index (χ4n) is 6.24. The van der Waals surface area contributed by atoms with Crippen LogP contribution in [0, 0.1) is 29.4 Å². The van der Waals surface area contributed by atoms with Crippen LogP contribution in [0.1, 0.15) is 81.3 Å². The van der Waals surface area contributed by atoms with E-state index in [0.29, 0.717) is 29.9 Å². The third-order valence-electron chi connectivity index (χ3n) is 8.45. The number of hydrogen-bond donors (Lipinski definition) is 0.